The van der Waals surface area contributed by atoms with Crippen LogP contribution in [0.4, 0.5) is 10.1 Å². The third kappa shape index (κ3) is 5.08. The number of carbonyl (C=O) groups is 1. The largest absolute Gasteiger partial charge is 0.489 e. The van der Waals surface area contributed by atoms with Crippen molar-refractivity contribution in [3.05, 3.63) is 94.3 Å². The van der Waals surface area contributed by atoms with E-state index in [1.54, 1.807) is 54.7 Å². The molecule has 0 bridgehead atoms. The predicted molar refractivity (Wildman–Crippen MR) is 107 cm³/mol. The van der Waals surface area contributed by atoms with Gasteiger partial charge >= 0.3 is 5.97 Å². The molecule has 0 fully saturated rings. The van der Waals surface area contributed by atoms with Gasteiger partial charge in [0.2, 0.25) is 0 Å². The summed E-state index contributed by atoms with van der Waals surface area (Å²) in [6.07, 6.45) is 1.61. The summed E-state index contributed by atoms with van der Waals surface area (Å²) in [6.45, 7) is 0.0346. The number of hydrogen-bond donors (Lipinski definition) is 2. The molecule has 0 atom stereocenters. The fourth-order valence-corrected chi connectivity index (χ4v) is 2.56. The van der Waals surface area contributed by atoms with Crippen molar-refractivity contribution in [1.82, 2.24) is 0 Å². The predicted octanol–water partition coefficient (Wildman–Crippen LogP) is 5.20. The maximum absolute atomic E-state index is 13.7. The molecule has 0 aliphatic heterocycles. The second-order valence-electron chi connectivity index (χ2n) is 5.81. The van der Waals surface area contributed by atoms with E-state index in [2.05, 4.69) is 10.5 Å². The Morgan fingerprint density at radius 3 is 2.46 bits per heavy atom. The van der Waals surface area contributed by atoms with Crippen molar-refractivity contribution in [3.63, 3.8) is 0 Å². The summed E-state index contributed by atoms with van der Waals surface area (Å²) in [4.78, 5) is 10.8. The minimum atomic E-state index is -0.977. The van der Waals surface area contributed by atoms with E-state index < -0.39 is 11.8 Å². The molecular formula is C21H16ClFN2O3. The Hall–Kier alpha value is -3.38. The molecule has 0 saturated carbocycles. The van der Waals surface area contributed by atoms with E-state index in [1.165, 1.54) is 18.2 Å². The number of carboxylic acids is 1. The molecule has 0 aliphatic rings. The first-order valence-corrected chi connectivity index (χ1v) is 8.69. The zero-order valence-electron chi connectivity index (χ0n) is 14.6. The van der Waals surface area contributed by atoms with Crippen LogP contribution < -0.4 is 10.2 Å². The smallest absolute Gasteiger partial charge is 0.335 e. The van der Waals surface area contributed by atoms with Crippen molar-refractivity contribution in [1.29, 1.82) is 0 Å². The van der Waals surface area contributed by atoms with Gasteiger partial charge in [-0.1, -0.05) is 17.7 Å². The molecule has 3 aromatic carbocycles. The third-order valence-electron chi connectivity index (χ3n) is 3.86. The van der Waals surface area contributed by atoms with E-state index >= 15 is 0 Å². The average Bonchev–Trinajstić information content (AvgIpc) is 2.69. The molecule has 142 valence electrons. The summed E-state index contributed by atoms with van der Waals surface area (Å²) in [5.74, 6) is -0.804. The minimum Gasteiger partial charge on any atom is -0.489 e. The molecule has 0 heterocycles. The Bertz CT molecular complexity index is 969. The van der Waals surface area contributed by atoms with Gasteiger partial charge in [0.05, 0.1) is 22.5 Å². The van der Waals surface area contributed by atoms with Gasteiger partial charge in [0.25, 0.3) is 0 Å². The lowest BCUT2D eigenvalue weighted by Gasteiger charge is -2.09. The summed E-state index contributed by atoms with van der Waals surface area (Å²) in [6, 6.07) is 17.9. The van der Waals surface area contributed by atoms with Gasteiger partial charge in [0.15, 0.2) is 0 Å². The lowest BCUT2D eigenvalue weighted by atomic mass is 10.2. The van der Waals surface area contributed by atoms with Crippen molar-refractivity contribution >= 4 is 29.5 Å². The highest BCUT2D eigenvalue weighted by Crippen LogP contribution is 2.21. The van der Waals surface area contributed by atoms with Gasteiger partial charge in [-0.3, -0.25) is 5.43 Å². The second kappa shape index (κ2) is 9.01. The highest BCUT2D eigenvalue weighted by molar-refractivity contribution is 6.31. The Balaban J connectivity index is 1.55. The number of ether oxygens (including phenoxy) is 1. The normalized spacial score (nSPS) is 10.8. The van der Waals surface area contributed by atoms with E-state index in [9.17, 15) is 9.18 Å². The van der Waals surface area contributed by atoms with Crippen LogP contribution in [0.5, 0.6) is 5.75 Å². The van der Waals surface area contributed by atoms with E-state index in [1.807, 2.05) is 0 Å². The first-order chi connectivity index (χ1) is 13.5. The van der Waals surface area contributed by atoms with Crippen molar-refractivity contribution in [3.8, 4) is 5.75 Å². The summed E-state index contributed by atoms with van der Waals surface area (Å²) in [5, 5.41) is 13.3. The quantitative estimate of drug-likeness (QED) is 0.423. The van der Waals surface area contributed by atoms with Gasteiger partial charge in [0.1, 0.15) is 18.2 Å². The standard InChI is InChI=1S/C21H16ClFN2O3/c22-19-2-1-3-20(23)18(19)13-28-17-10-4-14(5-11-17)12-24-25-16-8-6-15(7-9-16)21(26)27/h1-12,25H,13H2,(H,26,27)/b24-12+. The lowest BCUT2D eigenvalue weighted by Crippen LogP contribution is -1.99. The second-order valence-corrected chi connectivity index (χ2v) is 6.22. The van der Waals surface area contributed by atoms with E-state index in [0.29, 0.717) is 22.0 Å². The molecule has 0 aromatic heterocycles. The number of aromatic carboxylic acids is 1. The Labute approximate surface area is 166 Å². The van der Waals surface area contributed by atoms with Crippen LogP contribution in [0.1, 0.15) is 21.5 Å². The number of nitrogens with zero attached hydrogens (tertiary/aromatic N) is 1. The Kier molecular flexibility index (Phi) is 6.24. The molecule has 2 N–H and O–H groups in total. The van der Waals surface area contributed by atoms with Gasteiger partial charge in [-0.25, -0.2) is 9.18 Å². The average molecular weight is 399 g/mol. The van der Waals surface area contributed by atoms with E-state index in [0.717, 1.165) is 5.56 Å². The van der Waals surface area contributed by atoms with Crippen LogP contribution in [0.25, 0.3) is 0 Å². The summed E-state index contributed by atoms with van der Waals surface area (Å²) < 4.78 is 19.3. The molecule has 0 unspecified atom stereocenters. The number of benzene rings is 3. The fourth-order valence-electron chi connectivity index (χ4n) is 2.34. The van der Waals surface area contributed by atoms with Crippen LogP contribution in [0.15, 0.2) is 71.8 Å². The van der Waals surface area contributed by atoms with Crippen LogP contribution in [0.3, 0.4) is 0 Å². The molecule has 3 aromatic rings. The highest BCUT2D eigenvalue weighted by Gasteiger charge is 2.07. The highest BCUT2D eigenvalue weighted by atomic mass is 35.5. The van der Waals surface area contributed by atoms with Gasteiger partial charge in [-0.05, 0) is 66.2 Å². The molecule has 0 spiro atoms. The number of halogens is 2. The molecule has 0 aliphatic carbocycles. The van der Waals surface area contributed by atoms with Crippen LogP contribution in [0.2, 0.25) is 5.02 Å². The van der Waals surface area contributed by atoms with Crippen LogP contribution in [-0.4, -0.2) is 17.3 Å². The Morgan fingerprint density at radius 2 is 1.82 bits per heavy atom. The summed E-state index contributed by atoms with van der Waals surface area (Å²) in [7, 11) is 0. The number of hydrazone groups is 1. The molecule has 28 heavy (non-hydrogen) atoms. The van der Waals surface area contributed by atoms with Crippen molar-refractivity contribution in [2.75, 3.05) is 5.43 Å². The van der Waals surface area contributed by atoms with Crippen LogP contribution in [0, 0.1) is 5.82 Å². The minimum absolute atomic E-state index is 0.0346. The molecule has 0 amide bonds. The third-order valence-corrected chi connectivity index (χ3v) is 4.22. The maximum atomic E-state index is 13.7. The molecule has 7 heteroatoms. The number of carboxylic acid groups (broad SMARTS) is 1. The van der Waals surface area contributed by atoms with Crippen LogP contribution in [-0.2, 0) is 6.61 Å². The van der Waals surface area contributed by atoms with Gasteiger partial charge in [-0.15, -0.1) is 0 Å². The number of hydrogen-bond acceptors (Lipinski definition) is 4. The molecule has 0 radical (unpaired) electrons. The number of anilines is 1. The first-order valence-electron chi connectivity index (χ1n) is 8.31. The maximum Gasteiger partial charge on any atom is 0.335 e. The van der Waals surface area contributed by atoms with E-state index in [-0.39, 0.29) is 12.2 Å². The van der Waals surface area contributed by atoms with E-state index in [4.69, 9.17) is 21.4 Å². The molecule has 3 rings (SSSR count). The fraction of sp³-hybridized carbons (Fsp3) is 0.0476. The van der Waals surface area contributed by atoms with Crippen molar-refractivity contribution in [2.45, 2.75) is 6.61 Å². The topological polar surface area (TPSA) is 70.9 Å². The van der Waals surface area contributed by atoms with Crippen molar-refractivity contribution < 1.29 is 19.0 Å². The SMILES string of the molecule is O=C(O)c1ccc(N/N=C/c2ccc(OCc3c(F)cccc3Cl)cc2)cc1. The molecule has 5 nitrogen and oxygen atoms in total. The summed E-state index contributed by atoms with van der Waals surface area (Å²) >= 11 is 5.98. The lowest BCUT2D eigenvalue weighted by molar-refractivity contribution is 0.0697. The monoisotopic (exact) mass is 398 g/mol. The first kappa shape index (κ1) is 19.4. The zero-order valence-corrected chi connectivity index (χ0v) is 15.4. The number of rotatable bonds is 7. The molecular weight excluding hydrogens is 383 g/mol. The Morgan fingerprint density at radius 1 is 1.11 bits per heavy atom. The number of nitrogens with one attached hydrogen (secondary N) is 1. The van der Waals surface area contributed by atoms with Gasteiger partial charge in [-0.2, -0.15) is 5.10 Å². The van der Waals surface area contributed by atoms with Crippen LogP contribution >= 0.6 is 11.6 Å². The zero-order chi connectivity index (χ0) is 19.9. The van der Waals surface area contributed by atoms with Gasteiger partial charge < -0.3 is 9.84 Å². The van der Waals surface area contributed by atoms with Gasteiger partial charge in [0, 0.05) is 5.56 Å². The summed E-state index contributed by atoms with van der Waals surface area (Å²) in [5.41, 5.74) is 4.84. The van der Waals surface area contributed by atoms with Crippen molar-refractivity contribution in [2.24, 2.45) is 5.10 Å². The molecule has 0 saturated heterocycles.